The number of nitrogens with one attached hydrogen (secondary N) is 1. The highest BCUT2D eigenvalue weighted by Crippen LogP contribution is 2.21. The number of hydrogen-bond acceptors (Lipinski definition) is 5. The van der Waals surface area contributed by atoms with Crippen LogP contribution in [0.15, 0.2) is 22.9 Å². The van der Waals surface area contributed by atoms with Gasteiger partial charge in [0.15, 0.2) is 11.6 Å². The first-order chi connectivity index (χ1) is 9.13. The Hall–Kier alpha value is -2.37. The Kier molecular flexibility index (Phi) is 3.79. The minimum absolute atomic E-state index is 0.0815. The molecule has 0 atom stereocenters. The fraction of sp³-hybridized carbons (Fsp3) is 0.308. The predicted molar refractivity (Wildman–Crippen MR) is 69.1 cm³/mol. The molecule has 0 bridgehead atoms. The third-order valence-electron chi connectivity index (χ3n) is 2.66. The monoisotopic (exact) mass is 261 g/mol. The molecule has 2 rings (SSSR count). The maximum absolute atomic E-state index is 12.2. The van der Waals surface area contributed by atoms with Crippen LogP contribution in [0, 0.1) is 6.92 Å². The van der Waals surface area contributed by atoms with Crippen LogP contribution in [0.3, 0.4) is 0 Å². The molecule has 100 valence electrons. The SMILES string of the molecule is CCCc1onc(C)c1C(=O)Nc1ncccc1O. The van der Waals surface area contributed by atoms with Gasteiger partial charge in [-0.15, -0.1) is 0 Å². The molecule has 6 heteroatoms. The van der Waals surface area contributed by atoms with Gasteiger partial charge in [0.25, 0.3) is 5.91 Å². The van der Waals surface area contributed by atoms with Crippen LogP contribution in [0.1, 0.15) is 35.2 Å². The molecule has 19 heavy (non-hydrogen) atoms. The Morgan fingerprint density at radius 1 is 1.53 bits per heavy atom. The molecular formula is C13H15N3O3. The van der Waals surface area contributed by atoms with Crippen LogP contribution in [0.2, 0.25) is 0 Å². The van der Waals surface area contributed by atoms with E-state index >= 15 is 0 Å². The molecule has 0 radical (unpaired) electrons. The van der Waals surface area contributed by atoms with Crippen molar-refractivity contribution >= 4 is 11.7 Å². The molecule has 0 unspecified atom stereocenters. The van der Waals surface area contributed by atoms with E-state index in [1.165, 1.54) is 12.3 Å². The number of nitrogens with zero attached hydrogens (tertiary/aromatic N) is 2. The lowest BCUT2D eigenvalue weighted by atomic mass is 10.1. The van der Waals surface area contributed by atoms with E-state index in [1.54, 1.807) is 13.0 Å². The van der Waals surface area contributed by atoms with Crippen molar-refractivity contribution in [1.82, 2.24) is 10.1 Å². The van der Waals surface area contributed by atoms with Crippen LogP contribution in [0.25, 0.3) is 0 Å². The molecule has 2 N–H and O–H groups in total. The number of hydrogen-bond donors (Lipinski definition) is 2. The number of rotatable bonds is 4. The molecule has 0 aliphatic rings. The Morgan fingerprint density at radius 3 is 3.00 bits per heavy atom. The maximum Gasteiger partial charge on any atom is 0.262 e. The largest absolute Gasteiger partial charge is 0.504 e. The second-order valence-electron chi connectivity index (χ2n) is 4.14. The van der Waals surface area contributed by atoms with Gasteiger partial charge >= 0.3 is 0 Å². The van der Waals surface area contributed by atoms with E-state index in [0.29, 0.717) is 23.4 Å². The molecule has 0 saturated heterocycles. The van der Waals surface area contributed by atoms with Crippen molar-refractivity contribution in [3.63, 3.8) is 0 Å². The fourth-order valence-corrected chi connectivity index (χ4v) is 1.77. The number of carbonyl (C=O) groups excluding carboxylic acids is 1. The summed E-state index contributed by atoms with van der Waals surface area (Å²) in [4.78, 5) is 16.1. The number of aryl methyl sites for hydroxylation is 2. The molecule has 2 heterocycles. The van der Waals surface area contributed by atoms with E-state index in [4.69, 9.17) is 4.52 Å². The third-order valence-corrected chi connectivity index (χ3v) is 2.66. The van der Waals surface area contributed by atoms with Crippen LogP contribution in [-0.2, 0) is 6.42 Å². The first kappa shape index (κ1) is 13.1. The van der Waals surface area contributed by atoms with Gasteiger partial charge in [0.1, 0.15) is 11.3 Å². The Labute approximate surface area is 110 Å². The topological polar surface area (TPSA) is 88.3 Å². The summed E-state index contributed by atoms with van der Waals surface area (Å²) >= 11 is 0. The number of carbonyl (C=O) groups is 1. The van der Waals surface area contributed by atoms with Crippen molar-refractivity contribution in [1.29, 1.82) is 0 Å². The Balaban J connectivity index is 2.25. The summed E-state index contributed by atoms with van der Waals surface area (Å²) in [6.45, 7) is 3.69. The smallest absolute Gasteiger partial charge is 0.262 e. The molecule has 2 aromatic heterocycles. The normalized spacial score (nSPS) is 10.4. The summed E-state index contributed by atoms with van der Waals surface area (Å²) in [6, 6.07) is 3.04. The molecule has 0 aromatic carbocycles. The van der Waals surface area contributed by atoms with Gasteiger partial charge in [-0.2, -0.15) is 0 Å². The average Bonchev–Trinajstić information content (AvgIpc) is 2.74. The van der Waals surface area contributed by atoms with Crippen LogP contribution < -0.4 is 5.32 Å². The second-order valence-corrected chi connectivity index (χ2v) is 4.14. The van der Waals surface area contributed by atoms with Crippen LogP contribution in [0.5, 0.6) is 5.75 Å². The van der Waals surface area contributed by atoms with Gasteiger partial charge in [-0.1, -0.05) is 12.1 Å². The van der Waals surface area contributed by atoms with Crippen molar-refractivity contribution in [2.45, 2.75) is 26.7 Å². The van der Waals surface area contributed by atoms with Crippen molar-refractivity contribution in [2.24, 2.45) is 0 Å². The Morgan fingerprint density at radius 2 is 2.32 bits per heavy atom. The summed E-state index contributed by atoms with van der Waals surface area (Å²) in [5, 5.41) is 15.9. The summed E-state index contributed by atoms with van der Waals surface area (Å²) in [5.74, 6) is 0.210. The minimum atomic E-state index is -0.379. The molecule has 0 saturated carbocycles. The number of amides is 1. The zero-order valence-corrected chi connectivity index (χ0v) is 10.8. The van der Waals surface area contributed by atoms with Crippen molar-refractivity contribution in [3.05, 3.63) is 35.3 Å². The molecule has 2 aromatic rings. The van der Waals surface area contributed by atoms with Crippen molar-refractivity contribution in [2.75, 3.05) is 5.32 Å². The van der Waals surface area contributed by atoms with E-state index in [0.717, 1.165) is 6.42 Å². The minimum Gasteiger partial charge on any atom is -0.504 e. The van der Waals surface area contributed by atoms with Gasteiger partial charge in [-0.25, -0.2) is 4.98 Å². The number of anilines is 1. The third kappa shape index (κ3) is 2.73. The highest BCUT2D eigenvalue weighted by molar-refractivity contribution is 6.05. The highest BCUT2D eigenvalue weighted by atomic mass is 16.5. The molecule has 6 nitrogen and oxygen atoms in total. The highest BCUT2D eigenvalue weighted by Gasteiger charge is 2.20. The number of aromatic hydroxyl groups is 1. The lowest BCUT2D eigenvalue weighted by Gasteiger charge is -2.05. The molecule has 0 spiro atoms. The number of aromatic nitrogens is 2. The van der Waals surface area contributed by atoms with E-state index in [2.05, 4.69) is 15.5 Å². The first-order valence-electron chi connectivity index (χ1n) is 6.04. The summed E-state index contributed by atoms with van der Waals surface area (Å²) in [7, 11) is 0. The summed E-state index contributed by atoms with van der Waals surface area (Å²) in [6.07, 6.45) is 2.98. The molecule has 0 aliphatic carbocycles. The Bertz CT molecular complexity index is 593. The van der Waals surface area contributed by atoms with Gasteiger partial charge in [0.05, 0.1) is 5.69 Å². The zero-order chi connectivity index (χ0) is 13.8. The van der Waals surface area contributed by atoms with Gasteiger partial charge < -0.3 is 14.9 Å². The van der Waals surface area contributed by atoms with Crippen LogP contribution in [0.4, 0.5) is 5.82 Å². The van der Waals surface area contributed by atoms with Crippen molar-refractivity contribution in [3.8, 4) is 5.75 Å². The summed E-state index contributed by atoms with van der Waals surface area (Å²) < 4.78 is 5.13. The number of pyridine rings is 1. The fourth-order valence-electron chi connectivity index (χ4n) is 1.77. The van der Waals surface area contributed by atoms with E-state index in [1.807, 2.05) is 6.92 Å². The maximum atomic E-state index is 12.2. The zero-order valence-electron chi connectivity index (χ0n) is 10.8. The standard InChI is InChI=1S/C13H15N3O3/c1-3-5-10-11(8(2)16-19-10)13(18)15-12-9(17)6-4-7-14-12/h4,6-7,17H,3,5H2,1-2H3,(H,14,15,18). The average molecular weight is 261 g/mol. The summed E-state index contributed by atoms with van der Waals surface area (Å²) in [5.41, 5.74) is 0.934. The lowest BCUT2D eigenvalue weighted by molar-refractivity contribution is 0.102. The van der Waals surface area contributed by atoms with Gasteiger partial charge in [-0.05, 0) is 25.5 Å². The van der Waals surface area contributed by atoms with E-state index in [-0.39, 0.29) is 17.5 Å². The van der Waals surface area contributed by atoms with E-state index < -0.39 is 0 Å². The molecule has 0 fully saturated rings. The quantitative estimate of drug-likeness (QED) is 0.881. The second kappa shape index (κ2) is 5.51. The van der Waals surface area contributed by atoms with Gasteiger partial charge in [0.2, 0.25) is 0 Å². The molecular weight excluding hydrogens is 246 g/mol. The first-order valence-corrected chi connectivity index (χ1v) is 6.04. The van der Waals surface area contributed by atoms with Crippen molar-refractivity contribution < 1.29 is 14.4 Å². The van der Waals surface area contributed by atoms with Gasteiger partial charge in [0, 0.05) is 12.6 Å². The molecule has 0 aliphatic heterocycles. The van der Waals surface area contributed by atoms with Gasteiger partial charge in [-0.3, -0.25) is 4.79 Å². The lowest BCUT2D eigenvalue weighted by Crippen LogP contribution is -2.15. The molecule has 1 amide bonds. The van der Waals surface area contributed by atoms with Crippen LogP contribution >= 0.6 is 0 Å². The predicted octanol–water partition coefficient (Wildman–Crippen LogP) is 2.29. The van der Waals surface area contributed by atoms with E-state index in [9.17, 15) is 9.90 Å². The van der Waals surface area contributed by atoms with Crippen LogP contribution in [-0.4, -0.2) is 21.2 Å².